The number of rotatable bonds is 3. The van der Waals surface area contributed by atoms with E-state index in [1.807, 2.05) is 36.5 Å². The molecule has 5 nitrogen and oxygen atoms in total. The second kappa shape index (κ2) is 6.67. The van der Waals surface area contributed by atoms with Crippen LogP contribution in [0.1, 0.15) is 43.1 Å². The number of aromatic nitrogens is 3. The minimum atomic E-state index is -0.0888. The molecule has 5 heteroatoms. The van der Waals surface area contributed by atoms with Crippen molar-refractivity contribution >= 4 is 16.8 Å². The number of H-pyrrole nitrogens is 1. The van der Waals surface area contributed by atoms with Gasteiger partial charge in [0, 0.05) is 29.4 Å². The summed E-state index contributed by atoms with van der Waals surface area (Å²) >= 11 is 0. The molecule has 0 atom stereocenters. The second-order valence-electron chi connectivity index (χ2n) is 7.00. The molecule has 4 rings (SSSR count). The Balaban J connectivity index is 1.60. The standard InChI is InChI=1S/C20H22N4O/c1-13-4-7-16(8-5-13)22-20(25)19-17-11-14(6-9-18(17)23-24-19)15-3-2-10-21-12-15/h2-3,6,9-13,16H,4-5,7-8H2,1H3,(H,22,25)(H,23,24). The van der Waals surface area contributed by atoms with Crippen LogP contribution in [0.25, 0.3) is 22.0 Å². The Bertz CT molecular complexity index is 879. The van der Waals surface area contributed by atoms with Crippen LogP contribution in [-0.2, 0) is 0 Å². The van der Waals surface area contributed by atoms with E-state index in [2.05, 4.69) is 27.4 Å². The van der Waals surface area contributed by atoms with Gasteiger partial charge in [-0.05, 0) is 55.4 Å². The van der Waals surface area contributed by atoms with Crippen molar-refractivity contribution in [3.8, 4) is 11.1 Å². The largest absolute Gasteiger partial charge is 0.348 e. The van der Waals surface area contributed by atoms with Crippen molar-refractivity contribution in [1.82, 2.24) is 20.5 Å². The molecule has 0 radical (unpaired) electrons. The summed E-state index contributed by atoms with van der Waals surface area (Å²) in [5.41, 5.74) is 3.40. The Hall–Kier alpha value is -2.69. The summed E-state index contributed by atoms with van der Waals surface area (Å²) in [5, 5.41) is 11.2. The second-order valence-corrected chi connectivity index (χ2v) is 7.00. The number of carbonyl (C=O) groups excluding carboxylic acids is 1. The molecule has 1 fully saturated rings. The van der Waals surface area contributed by atoms with E-state index in [0.717, 1.165) is 40.8 Å². The Morgan fingerprint density at radius 3 is 2.76 bits per heavy atom. The van der Waals surface area contributed by atoms with Gasteiger partial charge in [-0.25, -0.2) is 0 Å². The molecule has 1 aliphatic rings. The Morgan fingerprint density at radius 2 is 2.00 bits per heavy atom. The number of hydrogen-bond acceptors (Lipinski definition) is 3. The van der Waals surface area contributed by atoms with E-state index in [4.69, 9.17) is 0 Å². The van der Waals surface area contributed by atoms with Gasteiger partial charge in [0.25, 0.3) is 5.91 Å². The average molecular weight is 334 g/mol. The molecule has 1 saturated carbocycles. The quantitative estimate of drug-likeness (QED) is 0.762. The summed E-state index contributed by atoms with van der Waals surface area (Å²) in [6.45, 7) is 2.28. The summed E-state index contributed by atoms with van der Waals surface area (Å²) in [6.07, 6.45) is 8.04. The number of hydrogen-bond donors (Lipinski definition) is 2. The van der Waals surface area contributed by atoms with Crippen LogP contribution < -0.4 is 5.32 Å². The first-order valence-corrected chi connectivity index (χ1v) is 8.90. The van der Waals surface area contributed by atoms with Crippen LogP contribution in [0.2, 0.25) is 0 Å². The lowest BCUT2D eigenvalue weighted by molar-refractivity contribution is 0.0919. The maximum atomic E-state index is 12.7. The predicted octanol–water partition coefficient (Wildman–Crippen LogP) is 3.93. The molecule has 0 spiro atoms. The summed E-state index contributed by atoms with van der Waals surface area (Å²) in [6, 6.07) is 10.2. The van der Waals surface area contributed by atoms with E-state index in [1.165, 1.54) is 12.8 Å². The Kier molecular flexibility index (Phi) is 4.22. The number of carbonyl (C=O) groups is 1. The fourth-order valence-corrected chi connectivity index (χ4v) is 3.56. The fourth-order valence-electron chi connectivity index (χ4n) is 3.56. The lowest BCUT2D eigenvalue weighted by atomic mass is 9.87. The van der Waals surface area contributed by atoms with Gasteiger partial charge in [0.1, 0.15) is 0 Å². The summed E-state index contributed by atoms with van der Waals surface area (Å²) in [5.74, 6) is 0.676. The minimum absolute atomic E-state index is 0.0888. The maximum absolute atomic E-state index is 12.7. The number of fused-ring (bicyclic) bond motifs is 1. The average Bonchev–Trinajstić information content (AvgIpc) is 3.07. The molecule has 0 saturated heterocycles. The highest BCUT2D eigenvalue weighted by Gasteiger charge is 2.22. The molecule has 1 aliphatic carbocycles. The maximum Gasteiger partial charge on any atom is 0.272 e. The highest BCUT2D eigenvalue weighted by Crippen LogP contribution is 2.26. The number of benzene rings is 1. The molecule has 2 aromatic heterocycles. The Morgan fingerprint density at radius 1 is 1.16 bits per heavy atom. The summed E-state index contributed by atoms with van der Waals surface area (Å²) < 4.78 is 0. The first-order valence-electron chi connectivity index (χ1n) is 8.90. The van der Waals surface area contributed by atoms with Gasteiger partial charge in [0.05, 0.1) is 5.52 Å². The van der Waals surface area contributed by atoms with E-state index in [-0.39, 0.29) is 11.9 Å². The van der Waals surface area contributed by atoms with Gasteiger partial charge in [0.2, 0.25) is 0 Å². The highest BCUT2D eigenvalue weighted by atomic mass is 16.2. The molecule has 25 heavy (non-hydrogen) atoms. The zero-order valence-electron chi connectivity index (χ0n) is 14.3. The molecule has 0 aliphatic heterocycles. The lowest BCUT2D eigenvalue weighted by Crippen LogP contribution is -2.37. The van der Waals surface area contributed by atoms with Crippen molar-refractivity contribution < 1.29 is 4.79 Å². The molecule has 2 heterocycles. The zero-order valence-corrected chi connectivity index (χ0v) is 14.3. The van der Waals surface area contributed by atoms with Crippen molar-refractivity contribution in [2.75, 3.05) is 0 Å². The lowest BCUT2D eigenvalue weighted by Gasteiger charge is -2.26. The van der Waals surface area contributed by atoms with Crippen molar-refractivity contribution in [2.24, 2.45) is 5.92 Å². The molecule has 3 aromatic rings. The van der Waals surface area contributed by atoms with Crippen LogP contribution >= 0.6 is 0 Å². The van der Waals surface area contributed by atoms with Crippen LogP contribution in [0.5, 0.6) is 0 Å². The smallest absolute Gasteiger partial charge is 0.272 e. The molecule has 2 N–H and O–H groups in total. The normalized spacial score (nSPS) is 20.5. The van der Waals surface area contributed by atoms with Crippen molar-refractivity contribution in [2.45, 2.75) is 38.6 Å². The van der Waals surface area contributed by atoms with Gasteiger partial charge in [0.15, 0.2) is 5.69 Å². The van der Waals surface area contributed by atoms with Gasteiger partial charge in [-0.1, -0.05) is 19.1 Å². The van der Waals surface area contributed by atoms with Gasteiger partial charge < -0.3 is 5.32 Å². The molecule has 1 amide bonds. The van der Waals surface area contributed by atoms with Crippen LogP contribution in [0.3, 0.4) is 0 Å². The minimum Gasteiger partial charge on any atom is -0.348 e. The van der Waals surface area contributed by atoms with E-state index < -0.39 is 0 Å². The monoisotopic (exact) mass is 334 g/mol. The van der Waals surface area contributed by atoms with Crippen molar-refractivity contribution in [3.05, 3.63) is 48.4 Å². The van der Waals surface area contributed by atoms with Gasteiger partial charge in [-0.2, -0.15) is 5.10 Å². The third-order valence-electron chi connectivity index (χ3n) is 5.12. The summed E-state index contributed by atoms with van der Waals surface area (Å²) in [7, 11) is 0. The SMILES string of the molecule is CC1CCC(NC(=O)c2n[nH]c3ccc(-c4cccnc4)cc23)CC1. The van der Waals surface area contributed by atoms with Crippen LogP contribution in [0, 0.1) is 5.92 Å². The zero-order chi connectivity index (χ0) is 17.2. The van der Waals surface area contributed by atoms with Gasteiger partial charge >= 0.3 is 0 Å². The third kappa shape index (κ3) is 3.27. The van der Waals surface area contributed by atoms with Crippen LogP contribution in [0.15, 0.2) is 42.7 Å². The van der Waals surface area contributed by atoms with E-state index in [0.29, 0.717) is 5.69 Å². The number of amides is 1. The molecule has 128 valence electrons. The van der Waals surface area contributed by atoms with Crippen molar-refractivity contribution in [1.29, 1.82) is 0 Å². The van der Waals surface area contributed by atoms with Crippen LogP contribution in [0.4, 0.5) is 0 Å². The molecular formula is C20H22N4O. The Labute approximate surface area is 146 Å². The molecule has 0 unspecified atom stereocenters. The van der Waals surface area contributed by atoms with E-state index in [1.54, 1.807) is 6.20 Å². The van der Waals surface area contributed by atoms with E-state index >= 15 is 0 Å². The van der Waals surface area contributed by atoms with E-state index in [9.17, 15) is 4.79 Å². The van der Waals surface area contributed by atoms with Gasteiger partial charge in [-0.15, -0.1) is 0 Å². The molecule has 1 aromatic carbocycles. The number of aromatic amines is 1. The number of pyridine rings is 1. The van der Waals surface area contributed by atoms with Gasteiger partial charge in [-0.3, -0.25) is 14.9 Å². The predicted molar refractivity (Wildman–Crippen MR) is 98.2 cm³/mol. The molecular weight excluding hydrogens is 312 g/mol. The summed E-state index contributed by atoms with van der Waals surface area (Å²) in [4.78, 5) is 16.9. The van der Waals surface area contributed by atoms with Crippen LogP contribution in [-0.4, -0.2) is 27.1 Å². The number of nitrogens with one attached hydrogen (secondary N) is 2. The fraction of sp³-hybridized carbons (Fsp3) is 0.350. The van der Waals surface area contributed by atoms with Crippen molar-refractivity contribution in [3.63, 3.8) is 0 Å². The first kappa shape index (κ1) is 15.8. The topological polar surface area (TPSA) is 70.7 Å². The number of nitrogens with zero attached hydrogens (tertiary/aromatic N) is 2. The molecule has 0 bridgehead atoms. The first-order chi connectivity index (χ1) is 12.2. The third-order valence-corrected chi connectivity index (χ3v) is 5.12. The highest BCUT2D eigenvalue weighted by molar-refractivity contribution is 6.05.